The first-order valence-corrected chi connectivity index (χ1v) is 39.2. The Morgan fingerprint density at radius 1 is 0.436 bits per heavy atom. The van der Waals surface area contributed by atoms with Crippen molar-refractivity contribution in [3.63, 3.8) is 0 Å². The highest BCUT2D eigenvalue weighted by molar-refractivity contribution is 9.11. The number of ketones is 1. The molecule has 558 valence electrons. The number of esters is 5. The first-order chi connectivity index (χ1) is 47.4. The molecule has 0 amide bonds. The summed E-state index contributed by atoms with van der Waals surface area (Å²) in [6.45, 7) is 10.0. The summed E-state index contributed by atoms with van der Waals surface area (Å²) in [5.41, 5.74) is 6.66. The summed E-state index contributed by atoms with van der Waals surface area (Å²) in [6.07, 6.45) is 2.47. The minimum atomic E-state index is -2.78. The first-order valence-electron chi connectivity index (χ1n) is 33.3. The number of hydrogen-bond acceptors (Lipinski definition) is 18. The highest BCUT2D eigenvalue weighted by Gasteiger charge is 2.45. The Morgan fingerprint density at radius 2 is 0.782 bits per heavy atom. The average molecular weight is 1610 g/mol. The highest BCUT2D eigenvalue weighted by Crippen LogP contribution is 2.53. The van der Waals surface area contributed by atoms with E-state index in [2.05, 4.69) is 15.9 Å². The quantitative estimate of drug-likeness (QED) is 0.0451. The number of Topliss-reactive ketones (excluding diaryl/α,β-unsaturated/α-hetero) is 1. The van der Waals surface area contributed by atoms with Crippen molar-refractivity contribution in [3.05, 3.63) is 98.9 Å². The zero-order valence-corrected chi connectivity index (χ0v) is 62.4. The van der Waals surface area contributed by atoms with Gasteiger partial charge in [0.2, 0.25) is 5.92 Å². The van der Waals surface area contributed by atoms with Crippen molar-refractivity contribution in [2.24, 2.45) is 0 Å². The van der Waals surface area contributed by atoms with Crippen LogP contribution in [-0.2, 0) is 97.5 Å². The fourth-order valence-corrected chi connectivity index (χ4v) is 20.3. The number of fused-ring (bicyclic) bond motifs is 5. The number of aromatic carboxylic acids is 1. The lowest BCUT2D eigenvalue weighted by molar-refractivity contribution is -0.139. The molecule has 101 heavy (non-hydrogen) atoms. The zero-order valence-electron chi connectivity index (χ0n) is 55.9. The zero-order chi connectivity index (χ0) is 74.2. The van der Waals surface area contributed by atoms with Crippen molar-refractivity contribution in [1.29, 1.82) is 0 Å². The van der Waals surface area contributed by atoms with Gasteiger partial charge in [0.1, 0.15) is 30.2 Å². The molecule has 3 saturated carbocycles. The number of carboxylic acids is 1. The molecule has 32 heteroatoms. The predicted molar refractivity (Wildman–Crippen MR) is 365 cm³/mol. The molecule has 13 nitrogen and oxygen atoms in total. The maximum Gasteiger partial charge on any atom is 0.348 e. The normalized spacial score (nSPS) is 19.4. The average Bonchev–Trinajstić information content (AvgIpc) is 1.63. The molecule has 0 aromatic carbocycles. The van der Waals surface area contributed by atoms with Gasteiger partial charge in [-0.15, -0.1) is 68.4 Å². The van der Waals surface area contributed by atoms with Crippen molar-refractivity contribution in [1.82, 2.24) is 0 Å². The number of carbonyl (C=O) groups excluding carboxylic acids is 6. The Kier molecular flexibility index (Phi) is 27.9. The SMILES string of the molecule is CCOC(=O)CSc1sc(C(=O)OCC)c2c1CC(F)(F)CC2.CCOC(=O)c1sc(Br)c2c1CCC(F)(F)C2.CCOC(=O)c1sc(C2CC2)c2c1CCC(F)(F)C2.CCOC(=O)c1scc2c1CCC(F)(F)C2.O=C(O)c1sc(C2CC2)c2c1CCC(F)(F)C2.O=C1CCC(F)(F)CC1. The molecule has 5 aromatic heterocycles. The Balaban J connectivity index is 0.000000156. The van der Waals surface area contributed by atoms with Gasteiger partial charge in [-0.1, -0.05) is 0 Å². The molecule has 0 radical (unpaired) electrons. The molecule has 0 unspecified atom stereocenters. The summed E-state index contributed by atoms with van der Waals surface area (Å²) < 4.78 is 185. The maximum atomic E-state index is 13.7. The van der Waals surface area contributed by atoms with E-state index in [1.165, 1.54) is 45.3 Å². The number of hydrogen-bond donors (Lipinski definition) is 1. The third kappa shape index (κ3) is 22.0. The lowest BCUT2D eigenvalue weighted by atomic mass is 9.88. The monoisotopic (exact) mass is 1610 g/mol. The van der Waals surface area contributed by atoms with Crippen molar-refractivity contribution in [2.45, 2.75) is 234 Å². The van der Waals surface area contributed by atoms with Gasteiger partial charge in [-0.25, -0.2) is 76.7 Å². The summed E-state index contributed by atoms with van der Waals surface area (Å²) in [7, 11) is 0. The van der Waals surface area contributed by atoms with Crippen LogP contribution in [0, 0.1) is 0 Å². The van der Waals surface area contributed by atoms with Crippen molar-refractivity contribution >= 4 is 126 Å². The third-order valence-corrected chi connectivity index (χ3v) is 25.9. The van der Waals surface area contributed by atoms with E-state index in [-0.39, 0.29) is 151 Å². The number of thiophene rings is 5. The van der Waals surface area contributed by atoms with Gasteiger partial charge >= 0.3 is 35.8 Å². The maximum absolute atomic E-state index is 13.7. The molecule has 8 aliphatic rings. The molecule has 3 fully saturated rings. The van der Waals surface area contributed by atoms with Crippen LogP contribution in [0.5, 0.6) is 0 Å². The number of thioether (sulfide) groups is 1. The second kappa shape index (κ2) is 34.5. The molecular weight excluding hydrogens is 1540 g/mol. The van der Waals surface area contributed by atoms with Crippen LogP contribution in [-0.4, -0.2) is 121 Å². The van der Waals surface area contributed by atoms with Gasteiger partial charge in [0, 0.05) is 99.6 Å². The number of alkyl halides is 12. The van der Waals surface area contributed by atoms with Crippen molar-refractivity contribution < 1.29 is 115 Å². The van der Waals surface area contributed by atoms with Gasteiger partial charge in [0.25, 0.3) is 29.6 Å². The minimum Gasteiger partial charge on any atom is -0.477 e. The van der Waals surface area contributed by atoms with Crippen LogP contribution in [0.25, 0.3) is 0 Å². The smallest absolute Gasteiger partial charge is 0.348 e. The molecule has 0 saturated heterocycles. The van der Waals surface area contributed by atoms with Crippen molar-refractivity contribution in [2.75, 3.05) is 38.8 Å². The lowest BCUT2D eigenvalue weighted by Gasteiger charge is -2.23. The molecule has 0 spiro atoms. The number of carboxylic acid groups (broad SMARTS) is 1. The minimum absolute atomic E-state index is 0.0269. The Morgan fingerprint density at radius 3 is 1.21 bits per heavy atom. The van der Waals surface area contributed by atoms with Crippen LogP contribution in [0.3, 0.4) is 0 Å². The molecule has 0 aliphatic heterocycles. The number of halogens is 13. The highest BCUT2D eigenvalue weighted by atomic mass is 79.9. The molecule has 8 aliphatic carbocycles. The summed E-state index contributed by atoms with van der Waals surface area (Å²) in [6, 6.07) is 0. The Hall–Kier alpha value is -5.02. The standard InChI is InChI=1S/C15H18F2O4S2.C14H16F2O2S.C12H12F2O2S.C11H11BrF2O2S.C11H12F2O2S.C6H8F2O/c1-3-20-11(18)8-22-14-10-7-15(16,17)6-5-9(10)12(23-14)13(19)21-4-2;1-2-18-13(17)12-9-5-6-14(15,16)7-10(9)11(19-12)8-3-4-8;13-12(14)4-3-7-8(5-12)9(6-1-2-6)17-10(7)11(15)16;1-2-16-10(15)8-6-3-4-11(13,14)5-7(6)9(12)17-8;1-2-15-10(14)9-8-3-4-11(12,13)5-7(8)6-16-9;7-6(8)3-1-5(9)2-4-6/h3-8H2,1-2H3;8H,2-7H2,1H3;6H,1-5H2,(H,15,16);2-5H2,1H3;6H,2-5H2,1H3;1-4H2. The topological polar surface area (TPSA) is 186 Å². The summed E-state index contributed by atoms with van der Waals surface area (Å²) in [5, 5.41) is 10.8. The van der Waals surface area contributed by atoms with Crippen LogP contribution >= 0.6 is 84.4 Å². The fourth-order valence-electron chi connectivity index (χ4n) is 12.2. The van der Waals surface area contributed by atoms with E-state index in [1.807, 2.05) is 0 Å². The van der Waals surface area contributed by atoms with Gasteiger partial charge in [-0.05, 0) is 181 Å². The Bertz CT molecular complexity index is 3810. The Labute approximate surface area is 608 Å². The molecule has 0 atom stereocenters. The van der Waals surface area contributed by atoms with Gasteiger partial charge in [-0.3, -0.25) is 9.59 Å². The molecule has 5 aromatic rings. The van der Waals surface area contributed by atoms with Crippen molar-refractivity contribution in [3.8, 4) is 0 Å². The summed E-state index contributed by atoms with van der Waals surface area (Å²) >= 11 is 10.5. The van der Waals surface area contributed by atoms with E-state index in [0.29, 0.717) is 99.0 Å². The second-order valence-corrected chi connectivity index (χ2v) is 32.9. The lowest BCUT2D eigenvalue weighted by Crippen LogP contribution is -2.26. The summed E-state index contributed by atoms with van der Waals surface area (Å²) in [4.78, 5) is 84.3. The fraction of sp³-hybridized carbons (Fsp3) is 0.609. The molecule has 0 bridgehead atoms. The molecule has 5 heterocycles. The van der Waals surface area contributed by atoms with Crippen LogP contribution in [0.4, 0.5) is 52.7 Å². The summed E-state index contributed by atoms with van der Waals surface area (Å²) in [5.74, 6) is -18.2. The van der Waals surface area contributed by atoms with E-state index in [4.69, 9.17) is 28.8 Å². The van der Waals surface area contributed by atoms with Crippen LogP contribution in [0.1, 0.15) is 244 Å². The molecule has 13 rings (SSSR count). The third-order valence-electron chi connectivity index (χ3n) is 17.4. The van der Waals surface area contributed by atoms with Gasteiger partial charge in [-0.2, -0.15) is 0 Å². The van der Waals surface area contributed by atoms with Crippen LogP contribution in [0.2, 0.25) is 0 Å². The van der Waals surface area contributed by atoms with Gasteiger partial charge in [0.15, 0.2) is 0 Å². The first kappa shape index (κ1) is 81.6. The van der Waals surface area contributed by atoms with Gasteiger partial charge in [0.05, 0.1) is 46.8 Å². The van der Waals surface area contributed by atoms with E-state index >= 15 is 0 Å². The predicted octanol–water partition coefficient (Wildman–Crippen LogP) is 19.7. The van der Waals surface area contributed by atoms with E-state index < -0.39 is 65.8 Å². The van der Waals surface area contributed by atoms with E-state index in [1.54, 1.807) is 40.0 Å². The number of carbonyl (C=O) groups is 7. The molecular formula is C69H77BrF12O13S6. The van der Waals surface area contributed by atoms with Crippen LogP contribution in [0.15, 0.2) is 13.4 Å². The van der Waals surface area contributed by atoms with Gasteiger partial charge < -0.3 is 28.8 Å². The van der Waals surface area contributed by atoms with Crippen LogP contribution < -0.4 is 0 Å². The molecule has 1 N–H and O–H groups in total. The number of ether oxygens (including phenoxy) is 5. The second-order valence-electron chi connectivity index (χ2n) is 25.3. The van der Waals surface area contributed by atoms with E-state index in [0.717, 1.165) is 80.8 Å². The number of rotatable bonds is 15. The van der Waals surface area contributed by atoms with E-state index in [9.17, 15) is 86.2 Å². The largest absolute Gasteiger partial charge is 0.477 e.